The minimum absolute atomic E-state index is 0.257. The summed E-state index contributed by atoms with van der Waals surface area (Å²) in [6, 6.07) is 20.8. The minimum atomic E-state index is -4.78. The van der Waals surface area contributed by atoms with Crippen molar-refractivity contribution in [2.75, 3.05) is 0 Å². The molecule has 4 aliphatic rings. The van der Waals surface area contributed by atoms with Gasteiger partial charge in [0.2, 0.25) is 0 Å². The Morgan fingerprint density at radius 1 is 0.404 bits per heavy atom. The zero-order valence-electron chi connectivity index (χ0n) is 30.8. The molecule has 0 spiro atoms. The van der Waals surface area contributed by atoms with Gasteiger partial charge in [-0.3, -0.25) is 55.1 Å². The molecule has 21 heteroatoms. The maximum atomic E-state index is 14.5. The number of phosphoric acid groups is 3. The Hall–Kier alpha value is -3.60. The maximum Gasteiger partial charge on any atom is 0.475 e. The normalized spacial score (nSPS) is 27.4. The molecular weight excluding hydrogens is 813 g/mol. The van der Waals surface area contributed by atoms with Crippen LogP contribution in [0.5, 0.6) is 0 Å². The van der Waals surface area contributed by atoms with Crippen molar-refractivity contribution >= 4 is 41.4 Å². The van der Waals surface area contributed by atoms with Crippen molar-refractivity contribution in [1.29, 1.82) is 0 Å². The van der Waals surface area contributed by atoms with Crippen LogP contribution in [0.1, 0.15) is 54.2 Å². The number of phosphoric ester groups is 3. The number of esters is 3. The molecule has 18 nitrogen and oxygen atoms in total. The van der Waals surface area contributed by atoms with Crippen LogP contribution in [0.15, 0.2) is 72.8 Å². The molecule has 3 aliphatic heterocycles. The molecule has 306 valence electrons. The van der Waals surface area contributed by atoms with Gasteiger partial charge in [0.25, 0.3) is 0 Å². The average Bonchev–Trinajstić information content (AvgIpc) is 3.54. The molecule has 0 aromatic heterocycles. The predicted molar refractivity (Wildman–Crippen MR) is 192 cm³/mol. The van der Waals surface area contributed by atoms with E-state index in [-0.39, 0.29) is 39.6 Å². The first-order valence-corrected chi connectivity index (χ1v) is 22.0. The molecular formula is C36H39O18P3. The van der Waals surface area contributed by atoms with E-state index >= 15 is 0 Å². The lowest BCUT2D eigenvalue weighted by molar-refractivity contribution is -0.240. The van der Waals surface area contributed by atoms with Crippen LogP contribution in [-0.2, 0) is 123 Å². The van der Waals surface area contributed by atoms with E-state index in [2.05, 4.69) is 0 Å². The molecule has 0 amide bonds. The summed E-state index contributed by atoms with van der Waals surface area (Å²) >= 11 is 0. The molecule has 0 N–H and O–H groups in total. The summed E-state index contributed by atoms with van der Waals surface area (Å²) in [6.07, 6.45) is -11.8. The van der Waals surface area contributed by atoms with Gasteiger partial charge in [-0.1, -0.05) is 72.8 Å². The largest absolute Gasteiger partial charge is 0.475 e. The standard InChI is InChI=1S/C36H39O18P3/c1-22(37)49-31-32(50-23(2)38)35(53-56(41)45-18-27-12-6-7-13-28(27)19-46-56)36(54-57(42)47-20-29-14-8-9-15-30(29)21-48-57)33(51-24(3)39)34(31)52-55(40)43-16-25-10-4-5-11-26(25)17-44-55/h4-15,31-36H,16-21H2,1-3H3/t31-,32+,33+,34-,35+,36-/m1/s1. The molecule has 0 bridgehead atoms. The molecule has 3 aromatic rings. The summed E-state index contributed by atoms with van der Waals surface area (Å²) in [5.41, 5.74) is 3.73. The fourth-order valence-corrected chi connectivity index (χ4v) is 10.6. The lowest BCUT2D eigenvalue weighted by Crippen LogP contribution is -2.67. The topological polar surface area (TPSA) is 213 Å². The second-order valence-electron chi connectivity index (χ2n) is 13.2. The number of rotatable bonds is 9. The second-order valence-corrected chi connectivity index (χ2v) is 18.1. The molecule has 57 heavy (non-hydrogen) atoms. The summed E-state index contributed by atoms with van der Waals surface area (Å²) in [5, 5.41) is 0. The molecule has 6 atom stereocenters. The quantitative estimate of drug-likeness (QED) is 0.127. The molecule has 0 radical (unpaired) electrons. The van der Waals surface area contributed by atoms with Crippen LogP contribution in [0.4, 0.5) is 0 Å². The van der Waals surface area contributed by atoms with E-state index in [1.165, 1.54) is 0 Å². The highest BCUT2D eigenvalue weighted by Crippen LogP contribution is 2.61. The Kier molecular flexibility index (Phi) is 12.6. The number of hydrogen-bond donors (Lipinski definition) is 0. The first-order chi connectivity index (χ1) is 27.2. The van der Waals surface area contributed by atoms with Gasteiger partial charge in [0.1, 0.15) is 18.3 Å². The fraction of sp³-hybridized carbons (Fsp3) is 0.417. The van der Waals surface area contributed by atoms with Gasteiger partial charge in [-0.15, -0.1) is 0 Å². The van der Waals surface area contributed by atoms with Gasteiger partial charge < -0.3 is 14.2 Å². The first kappa shape index (κ1) is 41.6. The van der Waals surface area contributed by atoms with Gasteiger partial charge in [0.15, 0.2) is 18.3 Å². The second kappa shape index (κ2) is 17.3. The van der Waals surface area contributed by atoms with Crippen molar-refractivity contribution in [1.82, 2.24) is 0 Å². The number of ether oxygens (including phenoxy) is 3. The lowest BCUT2D eigenvalue weighted by atomic mass is 9.84. The van der Waals surface area contributed by atoms with Crippen LogP contribution in [-0.4, -0.2) is 54.5 Å². The van der Waals surface area contributed by atoms with Gasteiger partial charge in [-0.25, -0.2) is 13.7 Å². The highest BCUT2D eigenvalue weighted by atomic mass is 31.2. The van der Waals surface area contributed by atoms with Crippen molar-refractivity contribution in [2.45, 2.75) is 97.0 Å². The van der Waals surface area contributed by atoms with Crippen molar-refractivity contribution in [3.63, 3.8) is 0 Å². The first-order valence-electron chi connectivity index (χ1n) is 17.7. The number of fused-ring (bicyclic) bond motifs is 3. The van der Waals surface area contributed by atoms with E-state index in [4.69, 9.17) is 54.9 Å². The minimum Gasteiger partial charge on any atom is -0.457 e. The van der Waals surface area contributed by atoms with Crippen LogP contribution in [0, 0.1) is 0 Å². The zero-order chi connectivity index (χ0) is 40.4. The third-order valence-electron chi connectivity index (χ3n) is 9.23. The Morgan fingerprint density at radius 2 is 0.596 bits per heavy atom. The third-order valence-corrected chi connectivity index (χ3v) is 13.4. The molecule has 1 saturated carbocycles. The van der Waals surface area contributed by atoms with Crippen molar-refractivity contribution in [3.8, 4) is 0 Å². The van der Waals surface area contributed by atoms with E-state index in [0.29, 0.717) is 33.4 Å². The lowest BCUT2D eigenvalue weighted by Gasteiger charge is -2.48. The fourth-order valence-electron chi connectivity index (χ4n) is 6.61. The number of hydrogen-bond acceptors (Lipinski definition) is 18. The van der Waals surface area contributed by atoms with Crippen LogP contribution >= 0.6 is 23.5 Å². The average molecular weight is 853 g/mol. The SMILES string of the molecule is CC(=O)O[C@@H]1[C@H](OC(C)=O)[C@H](OP2(=O)OCc3ccccc3CO2)[C@H](OP2(=O)OCc3ccccc3CO2)[C@@H](OC(C)=O)[C@@H]1OP1(=O)OCc2ccccc2CO1. The number of benzene rings is 3. The zero-order valence-corrected chi connectivity index (χ0v) is 33.5. The Balaban J connectivity index is 1.32. The summed E-state index contributed by atoms with van der Waals surface area (Å²) in [7, 11) is -14.3. The van der Waals surface area contributed by atoms with Crippen LogP contribution < -0.4 is 0 Å². The van der Waals surface area contributed by atoms with Gasteiger partial charge in [0.05, 0.1) is 39.6 Å². The van der Waals surface area contributed by atoms with Gasteiger partial charge in [-0.05, 0) is 33.4 Å². The highest BCUT2D eigenvalue weighted by molar-refractivity contribution is 7.49. The molecule has 1 fully saturated rings. The van der Waals surface area contributed by atoms with Gasteiger partial charge >= 0.3 is 41.4 Å². The molecule has 0 unspecified atom stereocenters. The number of carbonyl (C=O) groups is 3. The highest BCUT2D eigenvalue weighted by Gasteiger charge is 2.63. The van der Waals surface area contributed by atoms with E-state index in [1.54, 1.807) is 72.8 Å². The van der Waals surface area contributed by atoms with Crippen molar-refractivity contribution in [2.24, 2.45) is 0 Å². The van der Waals surface area contributed by atoms with Crippen molar-refractivity contribution in [3.05, 3.63) is 106 Å². The number of carbonyl (C=O) groups excluding carboxylic acids is 3. The summed E-state index contributed by atoms with van der Waals surface area (Å²) < 4.78 is 113. The summed E-state index contributed by atoms with van der Waals surface area (Å²) in [5.74, 6) is -2.97. The third kappa shape index (κ3) is 9.82. The van der Waals surface area contributed by atoms with Gasteiger partial charge in [-0.2, -0.15) is 0 Å². The molecule has 3 heterocycles. The predicted octanol–water partition coefficient (Wildman–Crippen LogP) is 6.52. The van der Waals surface area contributed by atoms with Crippen LogP contribution in [0.3, 0.4) is 0 Å². The van der Waals surface area contributed by atoms with E-state index in [9.17, 15) is 28.1 Å². The maximum absolute atomic E-state index is 14.5. The van der Waals surface area contributed by atoms with E-state index < -0.39 is 78.0 Å². The van der Waals surface area contributed by atoms with E-state index in [0.717, 1.165) is 20.8 Å². The van der Waals surface area contributed by atoms with Crippen LogP contribution in [0.25, 0.3) is 0 Å². The Bertz CT molecular complexity index is 2050. The molecule has 3 aromatic carbocycles. The molecule has 0 saturated heterocycles. The molecule has 7 rings (SSSR count). The summed E-state index contributed by atoms with van der Waals surface area (Å²) in [4.78, 5) is 38.6. The smallest absolute Gasteiger partial charge is 0.457 e. The van der Waals surface area contributed by atoms with Crippen molar-refractivity contribution < 1.29 is 83.0 Å². The Morgan fingerprint density at radius 3 is 0.807 bits per heavy atom. The van der Waals surface area contributed by atoms with Crippen LogP contribution in [0.2, 0.25) is 0 Å². The Labute approximate surface area is 327 Å². The monoisotopic (exact) mass is 852 g/mol. The molecule has 1 aliphatic carbocycles. The summed E-state index contributed by atoms with van der Waals surface area (Å²) in [6.45, 7) is 1.45. The van der Waals surface area contributed by atoms with E-state index in [1.807, 2.05) is 0 Å². The van der Waals surface area contributed by atoms with Gasteiger partial charge in [0, 0.05) is 20.8 Å².